The number of nitrogens with zero attached hydrogens (tertiary/aromatic N) is 1. The van der Waals surface area contributed by atoms with Gasteiger partial charge in [-0.2, -0.15) is 4.31 Å². The predicted octanol–water partition coefficient (Wildman–Crippen LogP) is 5.07. The highest BCUT2D eigenvalue weighted by molar-refractivity contribution is 9.10. The highest BCUT2D eigenvalue weighted by Crippen LogP contribution is 2.39. The standard InChI is InChI=1S/C21H19BrN2O2S/c1-15-5-4-6-16(13-15)14-24-21(17-9-11-18(22)12-10-17)23-19-7-2-3-8-20(19)27(24,25)26/h2-13,21,23H,14H2,1H3/t21-/m1/s1. The van der Waals surface area contributed by atoms with E-state index in [2.05, 4.69) is 21.2 Å². The second-order valence-electron chi connectivity index (χ2n) is 6.63. The smallest absolute Gasteiger partial charge is 0.247 e. The highest BCUT2D eigenvalue weighted by Gasteiger charge is 2.38. The third-order valence-electron chi connectivity index (χ3n) is 4.66. The van der Waals surface area contributed by atoms with Crippen molar-refractivity contribution in [3.05, 3.63) is 94.0 Å². The molecule has 138 valence electrons. The molecule has 27 heavy (non-hydrogen) atoms. The fraction of sp³-hybridized carbons (Fsp3) is 0.143. The summed E-state index contributed by atoms with van der Waals surface area (Å²) in [6.07, 6.45) is -0.474. The maximum atomic E-state index is 13.4. The third-order valence-corrected chi connectivity index (χ3v) is 7.06. The zero-order chi connectivity index (χ0) is 19.0. The fourth-order valence-corrected chi connectivity index (χ4v) is 5.30. The van der Waals surface area contributed by atoms with E-state index in [-0.39, 0.29) is 0 Å². The van der Waals surface area contributed by atoms with Crippen LogP contribution in [0.1, 0.15) is 22.9 Å². The van der Waals surface area contributed by atoms with Crippen molar-refractivity contribution in [1.82, 2.24) is 4.31 Å². The Morgan fingerprint density at radius 1 is 1.00 bits per heavy atom. The number of nitrogens with one attached hydrogen (secondary N) is 1. The molecule has 0 aliphatic carbocycles. The molecule has 0 amide bonds. The monoisotopic (exact) mass is 442 g/mol. The SMILES string of the molecule is Cc1cccc(CN2[C@H](c3ccc(Br)cc3)Nc3ccccc3S2(=O)=O)c1. The average Bonchev–Trinajstić information content (AvgIpc) is 2.65. The number of sulfonamides is 1. The van der Waals surface area contributed by atoms with Crippen molar-refractivity contribution in [3.63, 3.8) is 0 Å². The van der Waals surface area contributed by atoms with Gasteiger partial charge in [0.15, 0.2) is 0 Å². The minimum Gasteiger partial charge on any atom is -0.364 e. The van der Waals surface area contributed by atoms with Crippen molar-refractivity contribution in [1.29, 1.82) is 0 Å². The number of anilines is 1. The van der Waals surface area contributed by atoms with Gasteiger partial charge in [0.05, 0.1) is 5.69 Å². The van der Waals surface area contributed by atoms with Gasteiger partial charge < -0.3 is 5.32 Å². The topological polar surface area (TPSA) is 49.4 Å². The molecule has 1 heterocycles. The zero-order valence-corrected chi connectivity index (χ0v) is 17.2. The Kier molecular flexibility index (Phi) is 4.80. The zero-order valence-electron chi connectivity index (χ0n) is 14.8. The number of aryl methyl sites for hydroxylation is 1. The fourth-order valence-electron chi connectivity index (χ4n) is 3.36. The summed E-state index contributed by atoms with van der Waals surface area (Å²) in [6.45, 7) is 2.31. The van der Waals surface area contributed by atoms with Gasteiger partial charge in [-0.3, -0.25) is 0 Å². The van der Waals surface area contributed by atoms with Crippen LogP contribution in [0.3, 0.4) is 0 Å². The summed E-state index contributed by atoms with van der Waals surface area (Å²) in [5.74, 6) is 0. The van der Waals surface area contributed by atoms with E-state index >= 15 is 0 Å². The van der Waals surface area contributed by atoms with Crippen molar-refractivity contribution in [2.75, 3.05) is 5.32 Å². The molecule has 1 atom stereocenters. The second-order valence-corrected chi connectivity index (χ2v) is 9.41. The molecule has 3 aromatic rings. The number of rotatable bonds is 3. The molecule has 0 aromatic heterocycles. The van der Waals surface area contributed by atoms with E-state index in [0.29, 0.717) is 17.1 Å². The summed E-state index contributed by atoms with van der Waals surface area (Å²) in [5, 5.41) is 3.40. The van der Waals surface area contributed by atoms with E-state index in [0.717, 1.165) is 21.2 Å². The molecular formula is C21H19BrN2O2S. The molecule has 4 nitrogen and oxygen atoms in total. The minimum atomic E-state index is -3.64. The summed E-state index contributed by atoms with van der Waals surface area (Å²) in [7, 11) is -3.64. The lowest BCUT2D eigenvalue weighted by molar-refractivity contribution is 0.336. The molecule has 0 unspecified atom stereocenters. The molecular weight excluding hydrogens is 424 g/mol. The van der Waals surface area contributed by atoms with Gasteiger partial charge in [0.2, 0.25) is 10.0 Å². The van der Waals surface area contributed by atoms with Crippen molar-refractivity contribution < 1.29 is 8.42 Å². The predicted molar refractivity (Wildman–Crippen MR) is 111 cm³/mol. The summed E-state index contributed by atoms with van der Waals surface area (Å²) in [4.78, 5) is 0.311. The molecule has 1 aliphatic heterocycles. The largest absolute Gasteiger partial charge is 0.364 e. The lowest BCUT2D eigenvalue weighted by Crippen LogP contribution is -2.42. The number of benzene rings is 3. The Balaban J connectivity index is 1.83. The minimum absolute atomic E-state index is 0.298. The number of hydrogen-bond acceptors (Lipinski definition) is 3. The van der Waals surface area contributed by atoms with Gasteiger partial charge in [0, 0.05) is 11.0 Å². The quantitative estimate of drug-likeness (QED) is 0.615. The van der Waals surface area contributed by atoms with E-state index in [4.69, 9.17) is 0 Å². The van der Waals surface area contributed by atoms with Crippen molar-refractivity contribution in [2.24, 2.45) is 0 Å². The Morgan fingerprint density at radius 3 is 2.48 bits per heavy atom. The van der Waals surface area contributed by atoms with Crippen LogP contribution < -0.4 is 5.32 Å². The summed E-state index contributed by atoms with van der Waals surface area (Å²) in [5.41, 5.74) is 3.59. The molecule has 1 N–H and O–H groups in total. The van der Waals surface area contributed by atoms with Gasteiger partial charge in [0.1, 0.15) is 11.1 Å². The Hall–Kier alpha value is -2.15. The number of fused-ring (bicyclic) bond motifs is 1. The summed E-state index contributed by atoms with van der Waals surface area (Å²) < 4.78 is 29.3. The first-order valence-electron chi connectivity index (χ1n) is 8.63. The lowest BCUT2D eigenvalue weighted by Gasteiger charge is -2.37. The van der Waals surface area contributed by atoms with Crippen LogP contribution in [0.15, 0.2) is 82.2 Å². The van der Waals surface area contributed by atoms with Crippen LogP contribution in [0.25, 0.3) is 0 Å². The van der Waals surface area contributed by atoms with E-state index in [1.807, 2.05) is 67.6 Å². The average molecular weight is 443 g/mol. The van der Waals surface area contributed by atoms with Crippen LogP contribution >= 0.6 is 15.9 Å². The van der Waals surface area contributed by atoms with Crippen LogP contribution in [0, 0.1) is 6.92 Å². The molecule has 3 aromatic carbocycles. The first kappa shape index (κ1) is 18.2. The Morgan fingerprint density at radius 2 is 1.74 bits per heavy atom. The highest BCUT2D eigenvalue weighted by atomic mass is 79.9. The van der Waals surface area contributed by atoms with E-state index in [9.17, 15) is 8.42 Å². The van der Waals surface area contributed by atoms with Gasteiger partial charge in [0.25, 0.3) is 0 Å². The van der Waals surface area contributed by atoms with Crippen LogP contribution in [0.2, 0.25) is 0 Å². The molecule has 0 radical (unpaired) electrons. The molecule has 4 rings (SSSR count). The van der Waals surface area contributed by atoms with Gasteiger partial charge in [-0.15, -0.1) is 0 Å². The maximum Gasteiger partial charge on any atom is 0.247 e. The molecule has 1 aliphatic rings. The van der Waals surface area contributed by atoms with Crippen molar-refractivity contribution in [3.8, 4) is 0 Å². The summed E-state index contributed by atoms with van der Waals surface area (Å²) in [6, 6.07) is 22.7. The first-order chi connectivity index (χ1) is 12.9. The van der Waals surface area contributed by atoms with Crippen LogP contribution in [-0.4, -0.2) is 12.7 Å². The molecule has 0 bridgehead atoms. The van der Waals surface area contributed by atoms with E-state index in [1.165, 1.54) is 4.31 Å². The third kappa shape index (κ3) is 3.52. The normalized spacial score (nSPS) is 18.5. The molecule has 0 saturated carbocycles. The molecule has 0 saturated heterocycles. The van der Waals surface area contributed by atoms with Gasteiger partial charge in [-0.05, 0) is 42.3 Å². The number of hydrogen-bond donors (Lipinski definition) is 1. The van der Waals surface area contributed by atoms with E-state index < -0.39 is 16.2 Å². The Bertz CT molecular complexity index is 1080. The Labute approximate surface area is 168 Å². The van der Waals surface area contributed by atoms with Crippen molar-refractivity contribution >= 4 is 31.6 Å². The molecule has 0 spiro atoms. The van der Waals surface area contributed by atoms with E-state index in [1.54, 1.807) is 12.1 Å². The first-order valence-corrected chi connectivity index (χ1v) is 10.9. The molecule has 6 heteroatoms. The number of para-hydroxylation sites is 1. The maximum absolute atomic E-state index is 13.4. The van der Waals surface area contributed by atoms with Crippen molar-refractivity contribution in [2.45, 2.75) is 24.5 Å². The van der Waals surface area contributed by atoms with Gasteiger partial charge in [-0.25, -0.2) is 8.42 Å². The number of halogens is 1. The van der Waals surface area contributed by atoms with Crippen LogP contribution in [0.5, 0.6) is 0 Å². The van der Waals surface area contributed by atoms with Gasteiger partial charge >= 0.3 is 0 Å². The van der Waals surface area contributed by atoms with Gasteiger partial charge in [-0.1, -0.05) is 70.0 Å². The van der Waals surface area contributed by atoms with Crippen LogP contribution in [0.4, 0.5) is 5.69 Å². The second kappa shape index (κ2) is 7.11. The lowest BCUT2D eigenvalue weighted by atomic mass is 10.1. The summed E-state index contributed by atoms with van der Waals surface area (Å²) >= 11 is 3.44. The molecule has 0 fully saturated rings. The van der Waals surface area contributed by atoms with Crippen LogP contribution in [-0.2, 0) is 16.6 Å².